The highest BCUT2D eigenvalue weighted by Crippen LogP contribution is 2.26. The molecule has 1 rings (SSSR count). The van der Waals surface area contributed by atoms with Crippen molar-refractivity contribution in [2.75, 3.05) is 24.0 Å². The van der Waals surface area contributed by atoms with Crippen LogP contribution in [0.5, 0.6) is 0 Å². The molecular formula is C13H20FNOS. The van der Waals surface area contributed by atoms with E-state index in [1.807, 2.05) is 11.9 Å². The third-order valence-corrected chi connectivity index (χ3v) is 3.64. The normalized spacial score (nSPS) is 12.5. The summed E-state index contributed by atoms with van der Waals surface area (Å²) in [6, 6.07) is 5.08. The maximum Gasteiger partial charge on any atom is 0.146 e. The van der Waals surface area contributed by atoms with Gasteiger partial charge in [0.05, 0.1) is 12.3 Å². The van der Waals surface area contributed by atoms with Crippen LogP contribution in [0.2, 0.25) is 0 Å². The summed E-state index contributed by atoms with van der Waals surface area (Å²) in [5.41, 5.74) is 1.16. The first-order chi connectivity index (χ1) is 8.11. The van der Waals surface area contributed by atoms with Gasteiger partial charge in [0, 0.05) is 18.7 Å². The molecule has 2 nitrogen and oxygen atoms in total. The monoisotopic (exact) mass is 257 g/mol. The molecule has 0 spiro atoms. The van der Waals surface area contributed by atoms with Crippen LogP contribution in [-0.2, 0) is 6.61 Å². The number of hydrogen-bond donors (Lipinski definition) is 1. The van der Waals surface area contributed by atoms with Crippen LogP contribution in [-0.4, -0.2) is 30.2 Å². The van der Waals surface area contributed by atoms with Gasteiger partial charge in [-0.25, -0.2) is 4.39 Å². The lowest BCUT2D eigenvalue weighted by Gasteiger charge is -2.29. The van der Waals surface area contributed by atoms with Crippen molar-refractivity contribution in [3.63, 3.8) is 0 Å². The van der Waals surface area contributed by atoms with Gasteiger partial charge in [0.1, 0.15) is 5.82 Å². The van der Waals surface area contributed by atoms with E-state index in [2.05, 4.69) is 13.2 Å². The van der Waals surface area contributed by atoms with Crippen LogP contribution in [0.25, 0.3) is 0 Å². The Hall–Kier alpha value is -0.740. The Morgan fingerprint density at radius 2 is 2.18 bits per heavy atom. The maximum atomic E-state index is 13.8. The molecule has 0 aromatic heterocycles. The summed E-state index contributed by atoms with van der Waals surface area (Å²) >= 11 is 1.79. The first-order valence-electron chi connectivity index (χ1n) is 5.71. The number of nitrogens with zero attached hydrogens (tertiary/aromatic N) is 1. The van der Waals surface area contributed by atoms with Crippen LogP contribution < -0.4 is 4.90 Å². The largest absolute Gasteiger partial charge is 0.392 e. The molecule has 0 aliphatic heterocycles. The molecule has 1 N–H and O–H groups in total. The Morgan fingerprint density at radius 1 is 1.47 bits per heavy atom. The van der Waals surface area contributed by atoms with Gasteiger partial charge in [-0.2, -0.15) is 11.8 Å². The molecule has 0 heterocycles. The minimum absolute atomic E-state index is 0.132. The molecule has 1 atom stereocenters. The Kier molecular flexibility index (Phi) is 5.78. The van der Waals surface area contributed by atoms with Crippen molar-refractivity contribution in [1.82, 2.24) is 0 Å². The van der Waals surface area contributed by atoms with E-state index in [9.17, 15) is 9.50 Å². The number of aliphatic hydroxyl groups is 1. The van der Waals surface area contributed by atoms with Gasteiger partial charge < -0.3 is 10.0 Å². The van der Waals surface area contributed by atoms with Crippen LogP contribution in [0.1, 0.15) is 18.9 Å². The molecule has 96 valence electrons. The summed E-state index contributed by atoms with van der Waals surface area (Å²) < 4.78 is 13.8. The van der Waals surface area contributed by atoms with Gasteiger partial charge in [-0.1, -0.05) is 12.1 Å². The fraction of sp³-hybridized carbons (Fsp3) is 0.538. The van der Waals surface area contributed by atoms with Gasteiger partial charge in [0.15, 0.2) is 0 Å². The Balaban J connectivity index is 2.90. The second-order valence-electron chi connectivity index (χ2n) is 4.15. The number of aliphatic hydroxyl groups excluding tert-OH is 1. The molecule has 0 radical (unpaired) electrons. The van der Waals surface area contributed by atoms with Crippen LogP contribution in [0.4, 0.5) is 10.1 Å². The van der Waals surface area contributed by atoms with E-state index in [1.165, 1.54) is 6.07 Å². The van der Waals surface area contributed by atoms with Crippen molar-refractivity contribution in [2.45, 2.75) is 26.0 Å². The van der Waals surface area contributed by atoms with Crippen molar-refractivity contribution in [3.05, 3.63) is 29.6 Å². The van der Waals surface area contributed by atoms with Crippen molar-refractivity contribution in [2.24, 2.45) is 0 Å². The van der Waals surface area contributed by atoms with Gasteiger partial charge >= 0.3 is 0 Å². The van der Waals surface area contributed by atoms with Gasteiger partial charge in [-0.15, -0.1) is 0 Å². The van der Waals surface area contributed by atoms with E-state index in [-0.39, 0.29) is 18.5 Å². The molecule has 1 aromatic rings. The van der Waals surface area contributed by atoms with E-state index in [4.69, 9.17) is 0 Å². The van der Waals surface area contributed by atoms with Gasteiger partial charge in [-0.05, 0) is 31.4 Å². The molecule has 0 aliphatic rings. The molecule has 0 amide bonds. The summed E-state index contributed by atoms with van der Waals surface area (Å²) in [4.78, 5) is 1.91. The summed E-state index contributed by atoms with van der Waals surface area (Å²) in [7, 11) is 1.88. The first-order valence-corrected chi connectivity index (χ1v) is 7.11. The lowest BCUT2D eigenvalue weighted by molar-refractivity contribution is 0.281. The summed E-state index contributed by atoms with van der Waals surface area (Å²) in [5, 5.41) is 9.25. The highest BCUT2D eigenvalue weighted by Gasteiger charge is 2.16. The van der Waals surface area contributed by atoms with Crippen molar-refractivity contribution in [3.8, 4) is 0 Å². The third kappa shape index (κ3) is 3.61. The van der Waals surface area contributed by atoms with Crippen LogP contribution in [0, 0.1) is 5.82 Å². The zero-order valence-corrected chi connectivity index (χ0v) is 11.4. The second kappa shape index (κ2) is 6.87. The molecule has 4 heteroatoms. The van der Waals surface area contributed by atoms with E-state index < -0.39 is 0 Å². The van der Waals surface area contributed by atoms with E-state index in [0.717, 1.165) is 12.2 Å². The molecule has 0 fully saturated rings. The predicted molar refractivity (Wildman–Crippen MR) is 73.2 cm³/mol. The number of anilines is 1. The standard InChI is InChI=1S/C13H20FNOS/c1-10(7-8-17-3)15(2)13-11(9-16)5-4-6-12(13)14/h4-6,10,16H,7-9H2,1-3H3. The molecule has 1 aromatic carbocycles. The minimum atomic E-state index is -0.268. The van der Waals surface area contributed by atoms with Gasteiger partial charge in [0.2, 0.25) is 0 Å². The van der Waals surface area contributed by atoms with Gasteiger partial charge in [-0.3, -0.25) is 0 Å². The van der Waals surface area contributed by atoms with E-state index >= 15 is 0 Å². The Bertz CT molecular complexity index is 359. The predicted octanol–water partition coefficient (Wildman–Crippen LogP) is 2.90. The molecule has 1 unspecified atom stereocenters. The van der Waals surface area contributed by atoms with E-state index in [0.29, 0.717) is 11.3 Å². The summed E-state index contributed by atoms with van der Waals surface area (Å²) in [6.45, 7) is 1.94. The van der Waals surface area contributed by atoms with Crippen molar-refractivity contribution in [1.29, 1.82) is 0 Å². The zero-order chi connectivity index (χ0) is 12.8. The molecule has 0 saturated carbocycles. The fourth-order valence-corrected chi connectivity index (χ4v) is 2.36. The Morgan fingerprint density at radius 3 is 2.76 bits per heavy atom. The number of rotatable bonds is 6. The zero-order valence-electron chi connectivity index (χ0n) is 10.6. The summed E-state index contributed by atoms with van der Waals surface area (Å²) in [6.07, 6.45) is 3.06. The minimum Gasteiger partial charge on any atom is -0.392 e. The van der Waals surface area contributed by atoms with Gasteiger partial charge in [0.25, 0.3) is 0 Å². The quantitative estimate of drug-likeness (QED) is 0.847. The molecule has 0 aliphatic carbocycles. The van der Waals surface area contributed by atoms with Crippen molar-refractivity contribution >= 4 is 17.4 Å². The topological polar surface area (TPSA) is 23.5 Å². The fourth-order valence-electron chi connectivity index (χ4n) is 1.79. The molecule has 0 bridgehead atoms. The highest BCUT2D eigenvalue weighted by atomic mass is 32.2. The second-order valence-corrected chi connectivity index (χ2v) is 5.13. The lowest BCUT2D eigenvalue weighted by Crippen LogP contribution is -2.31. The highest BCUT2D eigenvalue weighted by molar-refractivity contribution is 7.98. The van der Waals surface area contributed by atoms with Crippen LogP contribution >= 0.6 is 11.8 Å². The lowest BCUT2D eigenvalue weighted by atomic mass is 10.1. The number of benzene rings is 1. The van der Waals surface area contributed by atoms with Crippen LogP contribution in [0.3, 0.4) is 0 Å². The third-order valence-electron chi connectivity index (χ3n) is 2.99. The first kappa shape index (κ1) is 14.3. The number of hydrogen-bond acceptors (Lipinski definition) is 3. The number of para-hydroxylation sites is 1. The average molecular weight is 257 g/mol. The average Bonchev–Trinajstić information content (AvgIpc) is 2.34. The molecule has 0 saturated heterocycles. The number of thioether (sulfide) groups is 1. The van der Waals surface area contributed by atoms with Crippen molar-refractivity contribution < 1.29 is 9.50 Å². The molecular weight excluding hydrogens is 237 g/mol. The molecule has 17 heavy (non-hydrogen) atoms. The Labute approximate surface area is 107 Å². The SMILES string of the molecule is CSCCC(C)N(C)c1c(F)cccc1CO. The van der Waals surface area contributed by atoms with Crippen LogP contribution in [0.15, 0.2) is 18.2 Å². The summed E-state index contributed by atoms with van der Waals surface area (Å²) in [5.74, 6) is 0.782. The smallest absolute Gasteiger partial charge is 0.146 e. The number of halogens is 1. The van der Waals surface area contributed by atoms with E-state index in [1.54, 1.807) is 23.9 Å². The maximum absolute atomic E-state index is 13.8.